The van der Waals surface area contributed by atoms with E-state index in [0.717, 1.165) is 11.3 Å². The third-order valence-corrected chi connectivity index (χ3v) is 4.02. The van der Waals surface area contributed by atoms with Crippen molar-refractivity contribution in [1.29, 1.82) is 0 Å². The molecule has 0 aliphatic carbocycles. The van der Waals surface area contributed by atoms with Crippen molar-refractivity contribution < 1.29 is 19.1 Å². The Balaban J connectivity index is 1.86. The molecule has 1 aliphatic heterocycles. The number of rotatable bonds is 7. The molecule has 6 heteroatoms. The maximum Gasteiger partial charge on any atom is 0.322 e. The first kappa shape index (κ1) is 16.3. The smallest absolute Gasteiger partial charge is 0.322 e. The Morgan fingerprint density at radius 1 is 1.18 bits per heavy atom. The summed E-state index contributed by atoms with van der Waals surface area (Å²) in [5.41, 5.74) is 0.149. The molecule has 0 spiro atoms. The minimum atomic E-state index is -0.878. The molecule has 3 amide bonds. The summed E-state index contributed by atoms with van der Waals surface area (Å²) in [5, 5.41) is 5.04. The van der Waals surface area contributed by atoms with Crippen molar-refractivity contribution >= 4 is 11.9 Å². The minimum Gasteiger partial charge on any atom is -0.497 e. The summed E-state index contributed by atoms with van der Waals surface area (Å²) in [5.74, 6) is 0.511. The van der Waals surface area contributed by atoms with E-state index in [9.17, 15) is 9.59 Å². The lowest BCUT2D eigenvalue weighted by molar-refractivity contribution is -0.126. The SMILES string of the molecule is COc1ccc(COCCC2(C(C)C)NC(=O)NC2=O)cc1. The third kappa shape index (κ3) is 3.39. The van der Waals surface area contributed by atoms with Crippen molar-refractivity contribution in [3.8, 4) is 5.75 Å². The lowest BCUT2D eigenvalue weighted by Crippen LogP contribution is -2.52. The van der Waals surface area contributed by atoms with Gasteiger partial charge in [0.1, 0.15) is 11.3 Å². The highest BCUT2D eigenvalue weighted by atomic mass is 16.5. The highest BCUT2D eigenvalue weighted by Crippen LogP contribution is 2.25. The summed E-state index contributed by atoms with van der Waals surface area (Å²) in [4.78, 5) is 23.4. The third-order valence-electron chi connectivity index (χ3n) is 4.02. The molecule has 1 aromatic rings. The first-order valence-electron chi connectivity index (χ1n) is 7.32. The summed E-state index contributed by atoms with van der Waals surface area (Å²) < 4.78 is 10.7. The largest absolute Gasteiger partial charge is 0.497 e. The number of benzene rings is 1. The van der Waals surface area contributed by atoms with Crippen LogP contribution in [0.15, 0.2) is 24.3 Å². The van der Waals surface area contributed by atoms with Gasteiger partial charge in [-0.3, -0.25) is 10.1 Å². The van der Waals surface area contributed by atoms with Crippen LogP contribution in [0.1, 0.15) is 25.8 Å². The van der Waals surface area contributed by atoms with Crippen LogP contribution in [0.5, 0.6) is 5.75 Å². The number of hydrogen-bond donors (Lipinski definition) is 2. The van der Waals surface area contributed by atoms with Crippen LogP contribution < -0.4 is 15.4 Å². The monoisotopic (exact) mass is 306 g/mol. The van der Waals surface area contributed by atoms with Gasteiger partial charge in [0.15, 0.2) is 0 Å². The average Bonchev–Trinajstić information content (AvgIpc) is 2.79. The summed E-state index contributed by atoms with van der Waals surface area (Å²) >= 11 is 0. The van der Waals surface area contributed by atoms with E-state index in [-0.39, 0.29) is 11.8 Å². The van der Waals surface area contributed by atoms with Gasteiger partial charge in [0.25, 0.3) is 5.91 Å². The highest BCUT2D eigenvalue weighted by molar-refractivity contribution is 6.07. The van der Waals surface area contributed by atoms with E-state index in [0.29, 0.717) is 19.6 Å². The quantitative estimate of drug-likeness (QED) is 0.595. The minimum absolute atomic E-state index is 0.0106. The molecule has 1 aliphatic rings. The van der Waals surface area contributed by atoms with Crippen LogP contribution in [0.3, 0.4) is 0 Å². The van der Waals surface area contributed by atoms with Crippen molar-refractivity contribution in [1.82, 2.24) is 10.6 Å². The van der Waals surface area contributed by atoms with Crippen molar-refractivity contribution in [3.05, 3.63) is 29.8 Å². The molecule has 120 valence electrons. The van der Waals surface area contributed by atoms with Crippen LogP contribution in [0, 0.1) is 5.92 Å². The number of methoxy groups -OCH3 is 1. The van der Waals surface area contributed by atoms with Crippen LogP contribution in [0.4, 0.5) is 4.79 Å². The molecule has 0 radical (unpaired) electrons. The predicted octanol–water partition coefficient (Wildman–Crippen LogP) is 1.84. The molecule has 0 bridgehead atoms. The lowest BCUT2D eigenvalue weighted by atomic mass is 9.84. The van der Waals surface area contributed by atoms with Crippen molar-refractivity contribution in [3.63, 3.8) is 0 Å². The number of nitrogens with one attached hydrogen (secondary N) is 2. The Hall–Kier alpha value is -2.08. The second kappa shape index (κ2) is 6.79. The molecule has 22 heavy (non-hydrogen) atoms. The maximum absolute atomic E-state index is 12.0. The van der Waals surface area contributed by atoms with E-state index < -0.39 is 11.6 Å². The van der Waals surface area contributed by atoms with E-state index in [2.05, 4.69) is 10.6 Å². The number of carbonyl (C=O) groups excluding carboxylic acids is 2. The average molecular weight is 306 g/mol. The van der Waals surface area contributed by atoms with Crippen molar-refractivity contribution in [2.24, 2.45) is 5.92 Å². The molecule has 1 heterocycles. The predicted molar refractivity (Wildman–Crippen MR) is 81.5 cm³/mol. The van der Waals surface area contributed by atoms with Gasteiger partial charge in [-0.2, -0.15) is 0 Å². The van der Waals surface area contributed by atoms with Crippen molar-refractivity contribution in [2.75, 3.05) is 13.7 Å². The molecule has 1 atom stereocenters. The number of hydrogen-bond acceptors (Lipinski definition) is 4. The summed E-state index contributed by atoms with van der Waals surface area (Å²) in [6.45, 7) is 4.66. The second-order valence-corrected chi connectivity index (χ2v) is 5.68. The Morgan fingerprint density at radius 3 is 2.36 bits per heavy atom. The molecule has 0 saturated carbocycles. The number of urea groups is 1. The van der Waals surface area contributed by atoms with Gasteiger partial charge in [0.05, 0.1) is 13.7 Å². The fourth-order valence-corrected chi connectivity index (χ4v) is 2.52. The van der Waals surface area contributed by atoms with Crippen LogP contribution >= 0.6 is 0 Å². The van der Waals surface area contributed by atoms with Crippen LogP contribution in [-0.2, 0) is 16.1 Å². The Bertz CT molecular complexity index is 542. The highest BCUT2D eigenvalue weighted by Gasteiger charge is 2.48. The van der Waals surface area contributed by atoms with E-state index in [1.54, 1.807) is 7.11 Å². The molecule has 1 unspecified atom stereocenters. The zero-order valence-corrected chi connectivity index (χ0v) is 13.1. The second-order valence-electron chi connectivity index (χ2n) is 5.68. The molecular formula is C16H22N2O4. The van der Waals surface area contributed by atoms with Crippen molar-refractivity contribution in [2.45, 2.75) is 32.4 Å². The standard InChI is InChI=1S/C16H22N2O4/c1-11(2)16(14(19)17-15(20)18-16)8-9-22-10-12-4-6-13(21-3)7-5-12/h4-7,11H,8-10H2,1-3H3,(H2,17,18,19,20). The molecule has 1 aromatic carbocycles. The first-order chi connectivity index (χ1) is 10.5. The van der Waals surface area contributed by atoms with Gasteiger partial charge in [0, 0.05) is 13.0 Å². The van der Waals surface area contributed by atoms with Gasteiger partial charge in [-0.25, -0.2) is 4.79 Å². The van der Waals surface area contributed by atoms with E-state index in [1.165, 1.54) is 0 Å². The number of imide groups is 1. The topological polar surface area (TPSA) is 76.7 Å². The van der Waals surface area contributed by atoms with Gasteiger partial charge >= 0.3 is 6.03 Å². The molecule has 2 N–H and O–H groups in total. The zero-order chi connectivity index (χ0) is 16.2. The van der Waals surface area contributed by atoms with Crippen LogP contribution in [-0.4, -0.2) is 31.2 Å². The molecule has 1 saturated heterocycles. The molecular weight excluding hydrogens is 284 g/mol. The Morgan fingerprint density at radius 2 is 1.86 bits per heavy atom. The lowest BCUT2D eigenvalue weighted by Gasteiger charge is -2.30. The van der Waals surface area contributed by atoms with Crippen LogP contribution in [0.2, 0.25) is 0 Å². The van der Waals surface area contributed by atoms with Gasteiger partial charge in [-0.1, -0.05) is 26.0 Å². The molecule has 6 nitrogen and oxygen atoms in total. The van der Waals surface area contributed by atoms with Crippen LogP contribution in [0.25, 0.3) is 0 Å². The number of carbonyl (C=O) groups is 2. The number of ether oxygens (including phenoxy) is 2. The van der Waals surface area contributed by atoms with Gasteiger partial charge in [0.2, 0.25) is 0 Å². The van der Waals surface area contributed by atoms with E-state index >= 15 is 0 Å². The van der Waals surface area contributed by atoms with Gasteiger partial charge < -0.3 is 14.8 Å². The fraction of sp³-hybridized carbons (Fsp3) is 0.500. The Labute approximate surface area is 130 Å². The first-order valence-corrected chi connectivity index (χ1v) is 7.32. The fourth-order valence-electron chi connectivity index (χ4n) is 2.52. The maximum atomic E-state index is 12.0. The summed E-state index contributed by atoms with van der Waals surface area (Å²) in [6, 6.07) is 7.17. The van der Waals surface area contributed by atoms with E-state index in [4.69, 9.17) is 9.47 Å². The van der Waals surface area contributed by atoms with Gasteiger partial charge in [-0.15, -0.1) is 0 Å². The van der Waals surface area contributed by atoms with E-state index in [1.807, 2.05) is 38.1 Å². The molecule has 0 aromatic heterocycles. The number of amides is 3. The van der Waals surface area contributed by atoms with Gasteiger partial charge in [-0.05, 0) is 23.6 Å². The molecule has 2 rings (SSSR count). The molecule has 1 fully saturated rings. The summed E-state index contributed by atoms with van der Waals surface area (Å²) in [7, 11) is 1.62. The zero-order valence-electron chi connectivity index (χ0n) is 13.1. The Kier molecular flexibility index (Phi) is 5.03. The summed E-state index contributed by atoms with van der Waals surface area (Å²) in [6.07, 6.45) is 0.443. The normalized spacial score (nSPS) is 20.9.